The van der Waals surface area contributed by atoms with Crippen LogP contribution in [0.2, 0.25) is 0 Å². The largest absolute Gasteiger partial charge is 0.193 e. The molecule has 0 bridgehead atoms. The van der Waals surface area contributed by atoms with Crippen LogP contribution in [-0.4, -0.2) is 0 Å². The van der Waals surface area contributed by atoms with Crippen molar-refractivity contribution < 1.29 is 0 Å². The summed E-state index contributed by atoms with van der Waals surface area (Å²) in [7, 11) is 0. The van der Waals surface area contributed by atoms with Crippen LogP contribution in [0.25, 0.3) is 16.7 Å². The number of rotatable bonds is 14. The number of hydrogen-bond acceptors (Lipinski definition) is 2. The number of hydrogen-bond donors (Lipinski definition) is 0. The first-order valence-corrected chi connectivity index (χ1v) is 14.1. The number of aryl methyl sites for hydroxylation is 2. The standard InChI is InChI=1S/C36H40N2/c1-3-33(20-13-29(2)27-37)34-21-14-30(15-22-34)11-9-7-5-4-6-8-10-12-31-16-23-35(24-17-31)36-25-18-32(28-38)19-26-36/h13-26H,3-12H2,1-2H3/b29-13+,33-20+. The smallest absolute Gasteiger partial charge is 0.0991 e. The van der Waals surface area contributed by atoms with Crippen molar-refractivity contribution >= 4 is 5.57 Å². The minimum absolute atomic E-state index is 0.701. The summed E-state index contributed by atoms with van der Waals surface area (Å²) < 4.78 is 0. The Hall–Kier alpha value is -3.88. The molecular formula is C36H40N2. The summed E-state index contributed by atoms with van der Waals surface area (Å²) in [4.78, 5) is 0. The average molecular weight is 501 g/mol. The third kappa shape index (κ3) is 9.53. The van der Waals surface area contributed by atoms with E-state index < -0.39 is 0 Å². The van der Waals surface area contributed by atoms with E-state index in [9.17, 15) is 0 Å². The van der Waals surface area contributed by atoms with Gasteiger partial charge in [-0.15, -0.1) is 0 Å². The highest BCUT2D eigenvalue weighted by molar-refractivity contribution is 5.67. The topological polar surface area (TPSA) is 47.6 Å². The van der Waals surface area contributed by atoms with E-state index in [1.807, 2.05) is 37.3 Å². The Labute approximate surface area is 230 Å². The highest BCUT2D eigenvalue weighted by atomic mass is 14.2. The molecule has 0 atom stereocenters. The van der Waals surface area contributed by atoms with Gasteiger partial charge in [0, 0.05) is 5.57 Å². The summed E-state index contributed by atoms with van der Waals surface area (Å²) in [5, 5.41) is 17.9. The van der Waals surface area contributed by atoms with Crippen molar-refractivity contribution in [2.24, 2.45) is 0 Å². The van der Waals surface area contributed by atoms with Crippen LogP contribution in [0.5, 0.6) is 0 Å². The van der Waals surface area contributed by atoms with Gasteiger partial charge in [0.1, 0.15) is 0 Å². The van der Waals surface area contributed by atoms with Crippen LogP contribution < -0.4 is 0 Å². The van der Waals surface area contributed by atoms with Crippen molar-refractivity contribution in [3.8, 4) is 23.3 Å². The molecule has 0 saturated carbocycles. The molecular weight excluding hydrogens is 460 g/mol. The Kier molecular flexibility index (Phi) is 12.1. The molecule has 0 fully saturated rings. The molecule has 2 nitrogen and oxygen atoms in total. The zero-order valence-electron chi connectivity index (χ0n) is 23.0. The zero-order chi connectivity index (χ0) is 27.0. The van der Waals surface area contributed by atoms with Crippen molar-refractivity contribution in [3.05, 3.63) is 113 Å². The number of nitrogens with zero attached hydrogens (tertiary/aromatic N) is 2. The summed E-state index contributed by atoms with van der Waals surface area (Å²) in [6.07, 6.45) is 16.3. The minimum atomic E-state index is 0.701. The second kappa shape index (κ2) is 16.1. The second-order valence-corrected chi connectivity index (χ2v) is 10.1. The van der Waals surface area contributed by atoms with Gasteiger partial charge in [-0.3, -0.25) is 0 Å². The van der Waals surface area contributed by atoms with E-state index in [-0.39, 0.29) is 0 Å². The van der Waals surface area contributed by atoms with Crippen molar-refractivity contribution in [1.82, 2.24) is 0 Å². The van der Waals surface area contributed by atoms with Gasteiger partial charge in [-0.1, -0.05) is 106 Å². The first kappa shape index (κ1) is 28.7. The molecule has 0 aliphatic heterocycles. The fourth-order valence-electron chi connectivity index (χ4n) is 4.71. The van der Waals surface area contributed by atoms with Crippen molar-refractivity contribution in [3.63, 3.8) is 0 Å². The quantitative estimate of drug-likeness (QED) is 0.126. The van der Waals surface area contributed by atoms with Crippen LogP contribution in [0.1, 0.15) is 87.5 Å². The maximum absolute atomic E-state index is 8.95. The lowest BCUT2D eigenvalue weighted by molar-refractivity contribution is 0.579. The van der Waals surface area contributed by atoms with Gasteiger partial charge in [-0.2, -0.15) is 10.5 Å². The second-order valence-electron chi connectivity index (χ2n) is 10.1. The molecule has 3 rings (SSSR count). The Morgan fingerprint density at radius 2 is 1.11 bits per heavy atom. The summed E-state index contributed by atoms with van der Waals surface area (Å²) in [5.74, 6) is 0. The molecule has 0 spiro atoms. The maximum atomic E-state index is 8.95. The molecule has 0 aliphatic rings. The van der Waals surface area contributed by atoms with Crippen LogP contribution in [0.15, 0.2) is 90.5 Å². The maximum Gasteiger partial charge on any atom is 0.0991 e. The van der Waals surface area contributed by atoms with Gasteiger partial charge in [0.2, 0.25) is 0 Å². The third-order valence-electron chi connectivity index (χ3n) is 7.15. The zero-order valence-corrected chi connectivity index (χ0v) is 23.0. The lowest BCUT2D eigenvalue weighted by atomic mass is 9.98. The van der Waals surface area contributed by atoms with E-state index in [1.54, 1.807) is 0 Å². The summed E-state index contributed by atoms with van der Waals surface area (Å²) in [6.45, 7) is 4.00. The summed E-state index contributed by atoms with van der Waals surface area (Å²) in [5.41, 5.74) is 9.14. The van der Waals surface area contributed by atoms with Crippen LogP contribution in [0.3, 0.4) is 0 Å². The SMILES string of the molecule is CC/C(=C\C=C(/C)C#N)c1ccc(CCCCCCCCCc2ccc(-c3ccc(C#N)cc3)cc2)cc1. The lowest BCUT2D eigenvalue weighted by Gasteiger charge is -2.07. The minimum Gasteiger partial charge on any atom is -0.193 e. The molecule has 3 aromatic carbocycles. The Bertz CT molecular complexity index is 1260. The van der Waals surface area contributed by atoms with Crippen LogP contribution >= 0.6 is 0 Å². The van der Waals surface area contributed by atoms with E-state index in [2.05, 4.69) is 73.7 Å². The molecule has 0 N–H and O–H groups in total. The number of allylic oxidation sites excluding steroid dienone is 4. The molecule has 0 saturated heterocycles. The molecule has 0 radical (unpaired) electrons. The molecule has 0 aromatic heterocycles. The van der Waals surface area contributed by atoms with Crippen LogP contribution in [-0.2, 0) is 12.8 Å². The van der Waals surface area contributed by atoms with Gasteiger partial charge in [0.15, 0.2) is 0 Å². The van der Waals surface area contributed by atoms with Gasteiger partial charge in [0.05, 0.1) is 17.7 Å². The highest BCUT2D eigenvalue weighted by Gasteiger charge is 2.02. The van der Waals surface area contributed by atoms with E-state index in [0.29, 0.717) is 5.56 Å². The van der Waals surface area contributed by atoms with Gasteiger partial charge in [-0.05, 0) is 90.6 Å². The molecule has 0 unspecified atom stereocenters. The number of benzene rings is 3. The highest BCUT2D eigenvalue weighted by Crippen LogP contribution is 2.22. The molecule has 38 heavy (non-hydrogen) atoms. The fraction of sp³-hybridized carbons (Fsp3) is 0.333. The summed E-state index contributed by atoms with van der Waals surface area (Å²) in [6, 6.07) is 30.0. The molecule has 3 aromatic rings. The average Bonchev–Trinajstić information content (AvgIpc) is 2.97. The van der Waals surface area contributed by atoms with E-state index in [4.69, 9.17) is 10.5 Å². The molecule has 0 amide bonds. The van der Waals surface area contributed by atoms with Crippen LogP contribution in [0, 0.1) is 22.7 Å². The third-order valence-corrected chi connectivity index (χ3v) is 7.15. The molecule has 194 valence electrons. The van der Waals surface area contributed by atoms with Gasteiger partial charge in [-0.25, -0.2) is 0 Å². The van der Waals surface area contributed by atoms with Crippen molar-refractivity contribution in [2.45, 2.75) is 78.1 Å². The fourth-order valence-corrected chi connectivity index (χ4v) is 4.71. The Morgan fingerprint density at radius 1 is 0.632 bits per heavy atom. The number of unbranched alkanes of at least 4 members (excludes halogenated alkanes) is 6. The summed E-state index contributed by atoms with van der Waals surface area (Å²) >= 11 is 0. The number of nitriles is 2. The predicted molar refractivity (Wildman–Crippen MR) is 160 cm³/mol. The van der Waals surface area contributed by atoms with Crippen molar-refractivity contribution in [1.29, 1.82) is 10.5 Å². The van der Waals surface area contributed by atoms with Crippen molar-refractivity contribution in [2.75, 3.05) is 0 Å². The lowest BCUT2D eigenvalue weighted by Crippen LogP contribution is -1.89. The van der Waals surface area contributed by atoms with Crippen LogP contribution in [0.4, 0.5) is 0 Å². The first-order chi connectivity index (χ1) is 18.6. The Balaban J connectivity index is 1.27. The molecule has 2 heteroatoms. The van der Waals surface area contributed by atoms with E-state index in [0.717, 1.165) is 30.4 Å². The molecule has 0 heterocycles. The first-order valence-electron chi connectivity index (χ1n) is 14.1. The predicted octanol–water partition coefficient (Wildman–Crippen LogP) is 10.0. The van der Waals surface area contributed by atoms with Gasteiger partial charge < -0.3 is 0 Å². The van der Waals surface area contributed by atoms with E-state index >= 15 is 0 Å². The monoisotopic (exact) mass is 500 g/mol. The van der Waals surface area contributed by atoms with Gasteiger partial charge in [0.25, 0.3) is 0 Å². The van der Waals surface area contributed by atoms with Gasteiger partial charge >= 0.3 is 0 Å². The van der Waals surface area contributed by atoms with E-state index in [1.165, 1.54) is 72.8 Å². The Morgan fingerprint density at radius 3 is 1.58 bits per heavy atom. The molecule has 0 aliphatic carbocycles. The normalized spacial score (nSPS) is 11.7.